The third kappa shape index (κ3) is 5.94. The van der Waals surface area contributed by atoms with Crippen LogP contribution in [-0.2, 0) is 9.53 Å². The Bertz CT molecular complexity index is 1360. The maximum atomic E-state index is 12.8. The first-order valence-electron chi connectivity index (χ1n) is 10.3. The fourth-order valence-corrected chi connectivity index (χ4v) is 4.12. The first-order chi connectivity index (χ1) is 16.5. The summed E-state index contributed by atoms with van der Waals surface area (Å²) < 4.78 is 5.57. The predicted octanol–water partition coefficient (Wildman–Crippen LogP) is 6.59. The summed E-state index contributed by atoms with van der Waals surface area (Å²) in [5.74, 6) is -0.592. The van der Waals surface area contributed by atoms with Crippen molar-refractivity contribution in [3.63, 3.8) is 0 Å². The molecule has 4 rings (SSSR count). The fraction of sp³-hybridized carbons (Fsp3) is 0.125. The van der Waals surface area contributed by atoms with Crippen LogP contribution in [-0.4, -0.2) is 30.5 Å². The number of benzene rings is 3. The number of nitrogens with one attached hydrogen (secondary N) is 2. The summed E-state index contributed by atoms with van der Waals surface area (Å²) in [5, 5.41) is 15.7. The van der Waals surface area contributed by atoms with Crippen LogP contribution in [0.5, 0.6) is 0 Å². The molecule has 0 aliphatic heterocycles. The molecule has 1 aromatic heterocycles. The molecule has 0 spiro atoms. The molecule has 172 valence electrons. The number of amides is 1. The predicted molar refractivity (Wildman–Crippen MR) is 135 cm³/mol. The first-order valence-corrected chi connectivity index (χ1v) is 11.5. The Hall–Kier alpha value is -3.82. The number of ether oxygens (including phenoxy) is 1. The van der Waals surface area contributed by atoms with Gasteiger partial charge >= 0.3 is 5.97 Å². The minimum atomic E-state index is -0.312. The average Bonchev–Trinajstić information content (AvgIpc) is 3.26. The molecule has 34 heavy (non-hydrogen) atoms. The van der Waals surface area contributed by atoms with E-state index in [1.807, 2.05) is 18.2 Å². The zero-order valence-corrected chi connectivity index (χ0v) is 19.7. The highest BCUT2D eigenvalue weighted by atomic mass is 35.5. The second-order valence-electron chi connectivity index (χ2n) is 7.11. The van der Waals surface area contributed by atoms with Gasteiger partial charge in [0.2, 0.25) is 5.13 Å². The van der Waals surface area contributed by atoms with Gasteiger partial charge in [-0.05, 0) is 48.5 Å². The van der Waals surface area contributed by atoms with E-state index in [0.717, 1.165) is 10.2 Å². The maximum Gasteiger partial charge on any atom is 0.307 e. The van der Waals surface area contributed by atoms with Gasteiger partial charge in [0.15, 0.2) is 0 Å². The molecular weight excluding hydrogens is 474 g/mol. The van der Waals surface area contributed by atoms with E-state index in [2.05, 4.69) is 30.6 Å². The number of halogens is 1. The standard InChI is InChI=1S/C24H20ClN5O3S/c1-33-22(31)11-12-26-17-8-10-18(20(14-17)27-23(32)15-5-3-2-4-6-15)29-30-24-28-19-9-7-16(25)13-21(19)34-24/h2-10,13-14,26H,11-12H2,1H3,(H,27,32). The molecule has 3 aromatic carbocycles. The minimum Gasteiger partial charge on any atom is -0.469 e. The fourth-order valence-electron chi connectivity index (χ4n) is 3.05. The summed E-state index contributed by atoms with van der Waals surface area (Å²) >= 11 is 7.42. The molecule has 0 aliphatic carbocycles. The molecule has 1 amide bonds. The lowest BCUT2D eigenvalue weighted by Crippen LogP contribution is -2.13. The van der Waals surface area contributed by atoms with Crippen LogP contribution in [0, 0.1) is 0 Å². The number of nitrogens with zero attached hydrogens (tertiary/aromatic N) is 3. The number of hydrogen-bond acceptors (Lipinski definition) is 8. The first kappa shape index (κ1) is 23.3. The zero-order valence-electron chi connectivity index (χ0n) is 18.1. The molecule has 0 saturated heterocycles. The van der Waals surface area contributed by atoms with E-state index in [1.165, 1.54) is 18.4 Å². The number of anilines is 2. The Balaban J connectivity index is 1.59. The van der Waals surface area contributed by atoms with Gasteiger partial charge < -0.3 is 15.4 Å². The normalized spacial score (nSPS) is 11.0. The van der Waals surface area contributed by atoms with Gasteiger partial charge in [-0.1, -0.05) is 41.1 Å². The van der Waals surface area contributed by atoms with Crippen molar-refractivity contribution in [3.05, 3.63) is 77.3 Å². The molecule has 0 radical (unpaired) electrons. The third-order valence-electron chi connectivity index (χ3n) is 4.75. The Morgan fingerprint density at radius 2 is 1.88 bits per heavy atom. The molecule has 10 heteroatoms. The van der Waals surface area contributed by atoms with Crippen LogP contribution in [0.3, 0.4) is 0 Å². The molecule has 0 saturated carbocycles. The monoisotopic (exact) mass is 493 g/mol. The van der Waals surface area contributed by atoms with E-state index in [9.17, 15) is 9.59 Å². The molecule has 0 aliphatic rings. The number of fused-ring (bicyclic) bond motifs is 1. The van der Waals surface area contributed by atoms with Crippen molar-refractivity contribution in [1.29, 1.82) is 0 Å². The van der Waals surface area contributed by atoms with Gasteiger partial charge in [-0.25, -0.2) is 4.98 Å². The van der Waals surface area contributed by atoms with Gasteiger partial charge in [0.05, 0.1) is 29.4 Å². The van der Waals surface area contributed by atoms with Crippen LogP contribution in [0.2, 0.25) is 5.02 Å². The van der Waals surface area contributed by atoms with E-state index < -0.39 is 0 Å². The number of methoxy groups -OCH3 is 1. The van der Waals surface area contributed by atoms with E-state index in [1.54, 1.807) is 48.5 Å². The van der Waals surface area contributed by atoms with E-state index in [4.69, 9.17) is 11.6 Å². The highest BCUT2D eigenvalue weighted by Gasteiger charge is 2.11. The summed E-state index contributed by atoms with van der Waals surface area (Å²) in [6, 6.07) is 19.6. The number of thiazole rings is 1. The Kier molecular flexibility index (Phi) is 7.46. The highest BCUT2D eigenvalue weighted by Crippen LogP contribution is 2.34. The van der Waals surface area contributed by atoms with E-state index in [-0.39, 0.29) is 18.3 Å². The third-order valence-corrected chi connectivity index (χ3v) is 5.89. The van der Waals surface area contributed by atoms with Gasteiger partial charge in [0.1, 0.15) is 5.69 Å². The topological polar surface area (TPSA) is 105 Å². The van der Waals surface area contributed by atoms with Gasteiger partial charge in [0, 0.05) is 22.8 Å². The lowest BCUT2D eigenvalue weighted by Gasteiger charge is -2.11. The SMILES string of the molecule is COC(=O)CCNc1ccc(N=Nc2nc3ccc(Cl)cc3s2)c(NC(=O)c2ccccc2)c1. The molecule has 4 aromatic rings. The second kappa shape index (κ2) is 10.9. The van der Waals surface area contributed by atoms with Gasteiger partial charge in [-0.15, -0.1) is 10.2 Å². The number of carbonyl (C=O) groups is 2. The van der Waals surface area contributed by atoms with Crippen molar-refractivity contribution in [2.24, 2.45) is 10.2 Å². The number of hydrogen-bond donors (Lipinski definition) is 2. The highest BCUT2D eigenvalue weighted by molar-refractivity contribution is 7.21. The Labute approximate surface area is 204 Å². The number of carbonyl (C=O) groups excluding carboxylic acids is 2. The Morgan fingerprint density at radius 1 is 1.06 bits per heavy atom. The van der Waals surface area contributed by atoms with Crippen molar-refractivity contribution < 1.29 is 14.3 Å². The molecule has 1 heterocycles. The molecule has 0 unspecified atom stereocenters. The van der Waals surface area contributed by atoms with Crippen LogP contribution in [0.15, 0.2) is 77.0 Å². The summed E-state index contributed by atoms with van der Waals surface area (Å²) in [5.41, 5.74) is 2.93. The molecular formula is C24H20ClN5O3S. The number of esters is 1. The molecule has 0 atom stereocenters. The van der Waals surface area contributed by atoms with Crippen molar-refractivity contribution in [2.45, 2.75) is 6.42 Å². The van der Waals surface area contributed by atoms with Crippen LogP contribution >= 0.6 is 22.9 Å². The number of aromatic nitrogens is 1. The molecule has 0 fully saturated rings. The summed E-state index contributed by atoms with van der Waals surface area (Å²) in [6.07, 6.45) is 0.214. The smallest absolute Gasteiger partial charge is 0.307 e. The largest absolute Gasteiger partial charge is 0.469 e. The van der Waals surface area contributed by atoms with Crippen LogP contribution < -0.4 is 10.6 Å². The van der Waals surface area contributed by atoms with Gasteiger partial charge in [-0.2, -0.15) is 0 Å². The zero-order chi connectivity index (χ0) is 23.9. The summed E-state index contributed by atoms with van der Waals surface area (Å²) in [7, 11) is 1.35. The molecule has 8 nitrogen and oxygen atoms in total. The van der Waals surface area contributed by atoms with Gasteiger partial charge in [-0.3, -0.25) is 9.59 Å². The van der Waals surface area contributed by atoms with Crippen LogP contribution in [0.1, 0.15) is 16.8 Å². The van der Waals surface area contributed by atoms with Gasteiger partial charge in [0.25, 0.3) is 5.91 Å². The van der Waals surface area contributed by atoms with Crippen molar-refractivity contribution in [3.8, 4) is 0 Å². The number of azo groups is 1. The lowest BCUT2D eigenvalue weighted by atomic mass is 10.2. The maximum absolute atomic E-state index is 12.8. The average molecular weight is 494 g/mol. The van der Waals surface area contributed by atoms with Crippen molar-refractivity contribution >= 4 is 67.2 Å². The van der Waals surface area contributed by atoms with E-state index >= 15 is 0 Å². The summed E-state index contributed by atoms with van der Waals surface area (Å²) in [4.78, 5) is 28.6. The van der Waals surface area contributed by atoms with Crippen molar-refractivity contribution in [1.82, 2.24) is 4.98 Å². The lowest BCUT2D eigenvalue weighted by molar-refractivity contribution is -0.140. The Morgan fingerprint density at radius 3 is 2.68 bits per heavy atom. The van der Waals surface area contributed by atoms with Crippen LogP contribution in [0.25, 0.3) is 10.2 Å². The molecule has 2 N–H and O–H groups in total. The van der Waals surface area contributed by atoms with Crippen molar-refractivity contribution in [2.75, 3.05) is 24.3 Å². The summed E-state index contributed by atoms with van der Waals surface area (Å²) in [6.45, 7) is 0.383. The number of rotatable bonds is 8. The second-order valence-corrected chi connectivity index (χ2v) is 8.56. The molecule has 0 bridgehead atoms. The quantitative estimate of drug-likeness (QED) is 0.213. The van der Waals surface area contributed by atoms with E-state index in [0.29, 0.717) is 39.3 Å². The minimum absolute atomic E-state index is 0.214. The van der Waals surface area contributed by atoms with Crippen LogP contribution in [0.4, 0.5) is 22.2 Å².